The van der Waals surface area contributed by atoms with Crippen LogP contribution in [0.3, 0.4) is 0 Å². The van der Waals surface area contributed by atoms with Crippen molar-refractivity contribution in [2.45, 2.75) is 76.9 Å². The van der Waals surface area contributed by atoms with Crippen molar-refractivity contribution in [3.05, 3.63) is 23.7 Å². The maximum absolute atomic E-state index is 10.8. The van der Waals surface area contributed by atoms with Crippen molar-refractivity contribution in [2.75, 3.05) is 23.8 Å². The predicted octanol–water partition coefficient (Wildman–Crippen LogP) is 2.65. The molecule has 0 bridgehead atoms. The van der Waals surface area contributed by atoms with E-state index in [1.165, 1.54) is 11.3 Å². The van der Waals surface area contributed by atoms with Crippen LogP contribution in [-0.2, 0) is 4.74 Å². The van der Waals surface area contributed by atoms with Crippen LogP contribution in [0.2, 0.25) is 0 Å². The second-order valence-electron chi connectivity index (χ2n) is 10.4. The van der Waals surface area contributed by atoms with E-state index in [0.29, 0.717) is 24.7 Å². The molecule has 5 N–H and O–H groups in total. The summed E-state index contributed by atoms with van der Waals surface area (Å²) in [7, 11) is 0. The molecule has 2 aliphatic rings. The fraction of sp³-hybridized carbons (Fsp3) is 0.600. The molecule has 11 heteroatoms. The highest BCUT2D eigenvalue weighted by molar-refractivity contribution is 7.21. The Hall–Kier alpha value is -2.44. The maximum Gasteiger partial charge on any atom is 0.224 e. The molecule has 5 atom stereocenters. The van der Waals surface area contributed by atoms with Gasteiger partial charge in [0, 0.05) is 25.3 Å². The lowest BCUT2D eigenvalue weighted by atomic mass is 9.88. The number of anilines is 2. The Morgan fingerprint density at radius 3 is 2.61 bits per heavy atom. The molecule has 1 saturated carbocycles. The number of thiazole rings is 1. The monoisotopic (exact) mass is 514 g/mol. The molecular weight excluding hydrogens is 480 g/mol. The fourth-order valence-corrected chi connectivity index (χ4v) is 6.28. The van der Waals surface area contributed by atoms with E-state index in [1.807, 2.05) is 19.9 Å². The number of rotatable bonds is 7. The van der Waals surface area contributed by atoms with E-state index in [0.717, 1.165) is 51.6 Å². The van der Waals surface area contributed by atoms with Crippen LogP contribution in [0, 0.1) is 19.8 Å². The van der Waals surface area contributed by atoms with E-state index in [9.17, 15) is 15.3 Å². The normalized spacial score (nSPS) is 26.6. The summed E-state index contributed by atoms with van der Waals surface area (Å²) in [6.45, 7) is 8.53. The second-order valence-corrected chi connectivity index (χ2v) is 11.4. The van der Waals surface area contributed by atoms with Crippen LogP contribution in [0.15, 0.2) is 12.3 Å². The first-order chi connectivity index (χ1) is 17.1. The largest absolute Gasteiger partial charge is 0.390 e. The lowest BCUT2D eigenvalue weighted by Crippen LogP contribution is -2.40. The van der Waals surface area contributed by atoms with Crippen molar-refractivity contribution in [3.63, 3.8) is 0 Å². The molecule has 36 heavy (non-hydrogen) atoms. The molecule has 4 heterocycles. The molecule has 10 nitrogen and oxygen atoms in total. The molecule has 1 saturated heterocycles. The number of fused-ring (bicyclic) bond motifs is 1. The van der Waals surface area contributed by atoms with Crippen molar-refractivity contribution >= 4 is 33.3 Å². The van der Waals surface area contributed by atoms with Crippen molar-refractivity contribution in [3.8, 4) is 10.6 Å². The second kappa shape index (κ2) is 9.79. The van der Waals surface area contributed by atoms with Gasteiger partial charge in [-0.1, -0.05) is 0 Å². The number of hydrogen-bond donors (Lipinski definition) is 5. The van der Waals surface area contributed by atoms with Crippen LogP contribution >= 0.6 is 11.3 Å². The van der Waals surface area contributed by atoms with Gasteiger partial charge in [-0.05, 0) is 53.0 Å². The SMILES string of the molecule is Cc1nc(NC[C@H]2CCCO2)nc(N[C@@H]2C[C@H](C(C)(C)O)[C@@H](O)[C@H]2O)c1-c1nc2c(C)nccc2s1. The first-order valence-electron chi connectivity index (χ1n) is 12.4. The average Bonchev–Trinajstić information content (AvgIpc) is 3.54. The highest BCUT2D eigenvalue weighted by atomic mass is 32.1. The van der Waals surface area contributed by atoms with E-state index < -0.39 is 29.8 Å². The highest BCUT2D eigenvalue weighted by Gasteiger charge is 2.48. The average molecular weight is 515 g/mol. The van der Waals surface area contributed by atoms with Gasteiger partial charge in [0.15, 0.2) is 0 Å². The highest BCUT2D eigenvalue weighted by Crippen LogP contribution is 2.40. The summed E-state index contributed by atoms with van der Waals surface area (Å²) < 4.78 is 6.73. The Labute approximate surface area is 214 Å². The van der Waals surface area contributed by atoms with E-state index >= 15 is 0 Å². The molecular formula is C25H34N6O4S. The number of aliphatic hydroxyl groups is 3. The third-order valence-electron chi connectivity index (χ3n) is 7.22. The quantitative estimate of drug-likeness (QED) is 0.319. The van der Waals surface area contributed by atoms with Gasteiger partial charge in [-0.2, -0.15) is 4.98 Å². The molecule has 5 rings (SSSR count). The number of aryl methyl sites for hydroxylation is 2. The van der Waals surface area contributed by atoms with Gasteiger partial charge >= 0.3 is 0 Å². The summed E-state index contributed by atoms with van der Waals surface area (Å²) in [5, 5.41) is 39.4. The summed E-state index contributed by atoms with van der Waals surface area (Å²) in [6, 6.07) is 1.43. The maximum atomic E-state index is 10.8. The molecule has 0 spiro atoms. The molecule has 1 aliphatic carbocycles. The lowest BCUT2D eigenvalue weighted by molar-refractivity contribution is -0.0601. The van der Waals surface area contributed by atoms with E-state index in [1.54, 1.807) is 20.0 Å². The Kier molecular flexibility index (Phi) is 6.86. The van der Waals surface area contributed by atoms with Gasteiger partial charge < -0.3 is 30.7 Å². The van der Waals surface area contributed by atoms with Crippen molar-refractivity contribution in [2.24, 2.45) is 5.92 Å². The van der Waals surface area contributed by atoms with Crippen LogP contribution in [0.25, 0.3) is 20.8 Å². The van der Waals surface area contributed by atoms with Crippen molar-refractivity contribution in [1.29, 1.82) is 0 Å². The smallest absolute Gasteiger partial charge is 0.224 e. The molecule has 2 fully saturated rings. The molecule has 3 aromatic rings. The molecule has 0 radical (unpaired) electrons. The van der Waals surface area contributed by atoms with Crippen LogP contribution in [0.1, 0.15) is 44.5 Å². The van der Waals surface area contributed by atoms with Gasteiger partial charge in [0.1, 0.15) is 22.4 Å². The Balaban J connectivity index is 1.51. The topological polar surface area (TPSA) is 146 Å². The van der Waals surface area contributed by atoms with Gasteiger partial charge in [-0.25, -0.2) is 9.97 Å². The van der Waals surface area contributed by atoms with Gasteiger partial charge in [0.05, 0.1) is 45.5 Å². The number of aromatic nitrogens is 4. The summed E-state index contributed by atoms with van der Waals surface area (Å²) in [6.07, 6.45) is 2.22. The van der Waals surface area contributed by atoms with Crippen molar-refractivity contribution in [1.82, 2.24) is 19.9 Å². The van der Waals surface area contributed by atoms with Gasteiger partial charge in [-0.15, -0.1) is 11.3 Å². The molecule has 194 valence electrons. The molecule has 0 amide bonds. The Bertz CT molecular complexity index is 1240. The Morgan fingerprint density at radius 1 is 1.14 bits per heavy atom. The summed E-state index contributed by atoms with van der Waals surface area (Å²) >= 11 is 1.53. The van der Waals surface area contributed by atoms with Crippen LogP contribution in [-0.4, -0.2) is 78.4 Å². The third-order valence-corrected chi connectivity index (χ3v) is 8.26. The summed E-state index contributed by atoms with van der Waals surface area (Å²) in [4.78, 5) is 18.7. The predicted molar refractivity (Wildman–Crippen MR) is 139 cm³/mol. The summed E-state index contributed by atoms with van der Waals surface area (Å²) in [5.41, 5.74) is 2.03. The standard InChI is InChI=1S/C25H34N6O4S/c1-12-18(23-30-19-13(2)26-8-7-17(19)36-23)22(31-24(28-12)27-11-14-6-5-9-35-14)29-16-10-15(25(3,4)34)20(32)21(16)33/h7-8,14-16,20-21,32-34H,5-6,9-11H2,1-4H3,(H2,27,28,29,31)/t14-,15+,16-,20-,21+/m1/s1. The van der Waals surface area contributed by atoms with Gasteiger partial charge in [0.25, 0.3) is 0 Å². The number of aliphatic hydroxyl groups excluding tert-OH is 2. The minimum absolute atomic E-state index is 0.129. The van der Waals surface area contributed by atoms with Crippen LogP contribution in [0.5, 0.6) is 0 Å². The minimum Gasteiger partial charge on any atom is -0.390 e. The first kappa shape index (κ1) is 25.2. The van der Waals surface area contributed by atoms with E-state index in [2.05, 4.69) is 15.6 Å². The summed E-state index contributed by atoms with van der Waals surface area (Å²) in [5.74, 6) is 0.500. The fourth-order valence-electron chi connectivity index (χ4n) is 5.17. The molecule has 1 aliphatic heterocycles. The van der Waals surface area contributed by atoms with Crippen molar-refractivity contribution < 1.29 is 20.1 Å². The van der Waals surface area contributed by atoms with Crippen LogP contribution in [0.4, 0.5) is 11.8 Å². The van der Waals surface area contributed by atoms with E-state index in [4.69, 9.17) is 19.7 Å². The van der Waals surface area contributed by atoms with E-state index in [-0.39, 0.29) is 6.10 Å². The molecule has 3 aromatic heterocycles. The number of nitrogens with zero attached hydrogens (tertiary/aromatic N) is 4. The van der Waals surface area contributed by atoms with Gasteiger partial charge in [-0.3, -0.25) is 4.98 Å². The minimum atomic E-state index is -1.13. The number of ether oxygens (including phenoxy) is 1. The zero-order valence-electron chi connectivity index (χ0n) is 21.0. The Morgan fingerprint density at radius 2 is 1.94 bits per heavy atom. The molecule has 0 unspecified atom stereocenters. The lowest BCUT2D eigenvalue weighted by Gasteiger charge is -2.28. The van der Waals surface area contributed by atoms with Gasteiger partial charge in [0.2, 0.25) is 5.95 Å². The molecule has 0 aromatic carbocycles. The van der Waals surface area contributed by atoms with Crippen LogP contribution < -0.4 is 10.6 Å². The zero-order valence-corrected chi connectivity index (χ0v) is 21.8. The first-order valence-corrected chi connectivity index (χ1v) is 13.2. The number of hydrogen-bond acceptors (Lipinski definition) is 11. The number of nitrogens with one attached hydrogen (secondary N) is 2. The third kappa shape index (κ3) is 4.90. The zero-order chi connectivity index (χ0) is 25.6. The number of pyridine rings is 1.